The molecule has 1 fully saturated rings. The van der Waals surface area contributed by atoms with Gasteiger partial charge in [0.2, 0.25) is 5.91 Å². The van der Waals surface area contributed by atoms with Gasteiger partial charge in [0.25, 0.3) is 5.56 Å². The van der Waals surface area contributed by atoms with E-state index in [1.54, 1.807) is 6.07 Å². The number of nitrogens with zero attached hydrogens (tertiary/aromatic N) is 5. The zero-order valence-corrected chi connectivity index (χ0v) is 22.9. The van der Waals surface area contributed by atoms with Crippen LogP contribution in [-0.2, 0) is 11.3 Å². The number of aryl methyl sites for hydroxylation is 1. The lowest BCUT2D eigenvalue weighted by molar-refractivity contribution is -0.125. The van der Waals surface area contributed by atoms with Crippen LogP contribution in [0.4, 0.5) is 5.82 Å². The molecule has 0 spiro atoms. The van der Waals surface area contributed by atoms with Crippen molar-refractivity contribution in [3.63, 3.8) is 0 Å². The third-order valence-corrected chi connectivity index (χ3v) is 7.21. The number of carbonyl (C=O) groups is 1. The minimum absolute atomic E-state index is 0.0105. The summed E-state index contributed by atoms with van der Waals surface area (Å²) in [6.45, 7) is 6.72. The Morgan fingerprint density at radius 1 is 0.950 bits per heavy atom. The van der Waals surface area contributed by atoms with Crippen LogP contribution in [0.25, 0.3) is 22.5 Å². The van der Waals surface area contributed by atoms with Gasteiger partial charge in [-0.05, 0) is 74.7 Å². The standard InChI is InChI=1S/C31H34N6O3/c1-3-40-25-10-8-23(9-11-25)27-13-15-30(38)37(35-27)21-18-32-31(39)24-16-19-36(20-17-24)29-14-12-28(33-34-29)26-7-5-4-6-22(26)2/h4-15,24H,3,16-21H2,1-2H3,(H,32,39). The summed E-state index contributed by atoms with van der Waals surface area (Å²) >= 11 is 0. The quantitative estimate of drug-likeness (QED) is 0.342. The number of amides is 1. The maximum absolute atomic E-state index is 12.8. The molecule has 0 atom stereocenters. The van der Waals surface area contributed by atoms with E-state index in [1.165, 1.54) is 10.7 Å². The Morgan fingerprint density at radius 3 is 2.40 bits per heavy atom. The molecule has 206 valence electrons. The number of aromatic nitrogens is 4. The second kappa shape index (κ2) is 12.5. The lowest BCUT2D eigenvalue weighted by atomic mass is 9.96. The second-order valence-corrected chi connectivity index (χ2v) is 9.88. The molecule has 2 aromatic carbocycles. The zero-order chi connectivity index (χ0) is 27.9. The van der Waals surface area contributed by atoms with Crippen LogP contribution in [0.5, 0.6) is 5.75 Å². The zero-order valence-electron chi connectivity index (χ0n) is 22.9. The largest absolute Gasteiger partial charge is 0.494 e. The van der Waals surface area contributed by atoms with Gasteiger partial charge >= 0.3 is 0 Å². The Morgan fingerprint density at radius 2 is 1.70 bits per heavy atom. The van der Waals surface area contributed by atoms with Crippen molar-refractivity contribution in [1.82, 2.24) is 25.3 Å². The van der Waals surface area contributed by atoms with Crippen molar-refractivity contribution in [3.8, 4) is 28.3 Å². The number of anilines is 1. The summed E-state index contributed by atoms with van der Waals surface area (Å²) in [5.41, 5.74) is 4.48. The minimum atomic E-state index is -0.202. The van der Waals surface area contributed by atoms with E-state index < -0.39 is 0 Å². The smallest absolute Gasteiger partial charge is 0.266 e. The van der Waals surface area contributed by atoms with Gasteiger partial charge in [0.15, 0.2) is 5.82 Å². The number of hydrogen-bond donors (Lipinski definition) is 1. The van der Waals surface area contributed by atoms with E-state index in [0.29, 0.717) is 25.4 Å². The Labute approximate surface area is 233 Å². The summed E-state index contributed by atoms with van der Waals surface area (Å²) < 4.78 is 6.89. The van der Waals surface area contributed by atoms with E-state index in [0.717, 1.165) is 59.9 Å². The average molecular weight is 539 g/mol. The first-order chi connectivity index (χ1) is 19.5. The van der Waals surface area contributed by atoms with Gasteiger partial charge in [0.1, 0.15) is 5.75 Å². The van der Waals surface area contributed by atoms with Gasteiger partial charge in [-0.3, -0.25) is 9.59 Å². The Kier molecular flexibility index (Phi) is 8.49. The van der Waals surface area contributed by atoms with E-state index in [2.05, 4.69) is 38.5 Å². The molecular formula is C31H34N6O3. The van der Waals surface area contributed by atoms with Crippen LogP contribution in [-0.4, -0.2) is 52.1 Å². The van der Waals surface area contributed by atoms with Crippen molar-refractivity contribution in [3.05, 3.63) is 88.7 Å². The van der Waals surface area contributed by atoms with Crippen molar-refractivity contribution >= 4 is 11.7 Å². The highest BCUT2D eigenvalue weighted by atomic mass is 16.5. The molecule has 0 aliphatic carbocycles. The summed E-state index contributed by atoms with van der Waals surface area (Å²) in [5, 5.41) is 16.4. The average Bonchev–Trinajstić information content (AvgIpc) is 2.99. The van der Waals surface area contributed by atoms with Crippen molar-refractivity contribution in [2.75, 3.05) is 31.1 Å². The fourth-order valence-electron chi connectivity index (χ4n) is 4.95. The topological polar surface area (TPSA) is 102 Å². The lowest BCUT2D eigenvalue weighted by Crippen LogP contribution is -2.42. The van der Waals surface area contributed by atoms with E-state index in [1.807, 2.05) is 61.5 Å². The molecule has 9 heteroatoms. The van der Waals surface area contributed by atoms with E-state index in [-0.39, 0.29) is 17.4 Å². The third-order valence-electron chi connectivity index (χ3n) is 7.21. The molecule has 0 radical (unpaired) electrons. The van der Waals surface area contributed by atoms with Crippen LogP contribution in [0.2, 0.25) is 0 Å². The number of rotatable bonds is 9. The highest BCUT2D eigenvalue weighted by Gasteiger charge is 2.25. The molecule has 40 heavy (non-hydrogen) atoms. The van der Waals surface area contributed by atoms with Crippen LogP contribution in [0.3, 0.4) is 0 Å². The SMILES string of the molecule is CCOc1ccc(-c2ccc(=O)n(CCNC(=O)C3CCN(c4ccc(-c5ccccc5C)nn4)CC3)n2)cc1. The first-order valence-electron chi connectivity index (χ1n) is 13.8. The van der Waals surface area contributed by atoms with E-state index >= 15 is 0 Å². The second-order valence-electron chi connectivity index (χ2n) is 9.88. The van der Waals surface area contributed by atoms with Crippen LogP contribution in [0.1, 0.15) is 25.3 Å². The van der Waals surface area contributed by atoms with Crippen molar-refractivity contribution in [2.45, 2.75) is 33.2 Å². The first kappa shape index (κ1) is 27.1. The molecule has 0 saturated carbocycles. The predicted octanol–water partition coefficient (Wildman–Crippen LogP) is 4.11. The van der Waals surface area contributed by atoms with Gasteiger partial charge in [0.05, 0.1) is 24.5 Å². The lowest BCUT2D eigenvalue weighted by Gasteiger charge is -2.31. The Bertz CT molecular complexity index is 1490. The molecule has 2 aromatic heterocycles. The van der Waals surface area contributed by atoms with Crippen LogP contribution in [0.15, 0.2) is 77.6 Å². The molecule has 3 heterocycles. The number of hydrogen-bond acceptors (Lipinski definition) is 7. The van der Waals surface area contributed by atoms with Gasteiger partial charge < -0.3 is 15.0 Å². The van der Waals surface area contributed by atoms with Gasteiger partial charge in [0, 0.05) is 42.7 Å². The molecule has 0 unspecified atom stereocenters. The van der Waals surface area contributed by atoms with Crippen LogP contribution in [0, 0.1) is 12.8 Å². The Balaban J connectivity index is 1.11. The molecule has 1 amide bonds. The highest BCUT2D eigenvalue weighted by Crippen LogP contribution is 2.25. The number of ether oxygens (including phenoxy) is 1. The predicted molar refractivity (Wildman–Crippen MR) is 155 cm³/mol. The first-order valence-corrected chi connectivity index (χ1v) is 13.8. The van der Waals surface area contributed by atoms with Crippen LogP contribution < -0.4 is 20.5 Å². The summed E-state index contributed by atoms with van der Waals surface area (Å²) in [7, 11) is 0. The van der Waals surface area contributed by atoms with Gasteiger partial charge in [-0.2, -0.15) is 5.10 Å². The normalized spacial score (nSPS) is 13.7. The van der Waals surface area contributed by atoms with Crippen LogP contribution >= 0.6 is 0 Å². The monoisotopic (exact) mass is 538 g/mol. The Hall–Kier alpha value is -4.53. The van der Waals surface area contributed by atoms with Crippen molar-refractivity contribution < 1.29 is 9.53 Å². The molecule has 0 bridgehead atoms. The molecule has 1 aliphatic rings. The number of nitrogens with one attached hydrogen (secondary N) is 1. The summed E-state index contributed by atoms with van der Waals surface area (Å²) in [6, 6.07) is 23.0. The number of benzene rings is 2. The maximum atomic E-state index is 12.8. The van der Waals surface area contributed by atoms with Gasteiger partial charge in [-0.25, -0.2) is 4.68 Å². The summed E-state index contributed by atoms with van der Waals surface area (Å²) in [6.07, 6.45) is 1.47. The number of carbonyl (C=O) groups excluding carboxylic acids is 1. The molecule has 1 N–H and O–H groups in total. The van der Waals surface area contributed by atoms with Gasteiger partial charge in [-0.1, -0.05) is 24.3 Å². The summed E-state index contributed by atoms with van der Waals surface area (Å²) in [5.74, 6) is 1.55. The van der Waals surface area contributed by atoms with Crippen molar-refractivity contribution in [2.24, 2.45) is 5.92 Å². The van der Waals surface area contributed by atoms with E-state index in [9.17, 15) is 9.59 Å². The molecule has 1 saturated heterocycles. The van der Waals surface area contributed by atoms with Crippen molar-refractivity contribution in [1.29, 1.82) is 0 Å². The third kappa shape index (κ3) is 6.36. The molecule has 4 aromatic rings. The summed E-state index contributed by atoms with van der Waals surface area (Å²) in [4.78, 5) is 27.4. The molecular weight excluding hydrogens is 504 g/mol. The molecule has 5 rings (SSSR count). The highest BCUT2D eigenvalue weighted by molar-refractivity contribution is 5.79. The minimum Gasteiger partial charge on any atom is -0.494 e. The number of piperidine rings is 1. The van der Waals surface area contributed by atoms with E-state index in [4.69, 9.17) is 4.74 Å². The fourth-order valence-corrected chi connectivity index (χ4v) is 4.95. The van der Waals surface area contributed by atoms with Gasteiger partial charge in [-0.15, -0.1) is 10.2 Å². The molecule has 1 aliphatic heterocycles. The fraction of sp³-hybridized carbons (Fsp3) is 0.323. The molecule has 9 nitrogen and oxygen atoms in total. The maximum Gasteiger partial charge on any atom is 0.266 e.